The summed E-state index contributed by atoms with van der Waals surface area (Å²) in [7, 11) is 0. The van der Waals surface area contributed by atoms with Crippen molar-refractivity contribution in [2.24, 2.45) is 16.8 Å². The molecule has 1 aromatic rings. The SMILES string of the molecule is CC1CCC(Oc2cc(Br)ccc2/C(N)=N/O)CC1. The van der Waals surface area contributed by atoms with E-state index in [-0.39, 0.29) is 11.9 Å². The van der Waals surface area contributed by atoms with Crippen LogP contribution < -0.4 is 10.5 Å². The Labute approximate surface area is 121 Å². The predicted molar refractivity (Wildman–Crippen MR) is 78.7 cm³/mol. The number of amidine groups is 1. The second kappa shape index (κ2) is 6.28. The van der Waals surface area contributed by atoms with E-state index >= 15 is 0 Å². The van der Waals surface area contributed by atoms with Gasteiger partial charge in [-0.2, -0.15) is 0 Å². The Morgan fingerprint density at radius 3 is 2.68 bits per heavy atom. The fraction of sp³-hybridized carbons (Fsp3) is 0.500. The monoisotopic (exact) mass is 326 g/mol. The normalized spacial score (nSPS) is 24.2. The van der Waals surface area contributed by atoms with Crippen molar-refractivity contribution in [1.29, 1.82) is 0 Å². The molecule has 1 aromatic carbocycles. The maximum atomic E-state index is 8.82. The number of hydrogen-bond acceptors (Lipinski definition) is 3. The molecule has 1 fully saturated rings. The van der Waals surface area contributed by atoms with Gasteiger partial charge in [-0.1, -0.05) is 28.0 Å². The summed E-state index contributed by atoms with van der Waals surface area (Å²) < 4.78 is 6.95. The van der Waals surface area contributed by atoms with Crippen LogP contribution in [0, 0.1) is 5.92 Å². The minimum absolute atomic E-state index is 0.0756. The minimum atomic E-state index is 0.0756. The number of nitrogens with two attached hydrogens (primary N) is 1. The highest BCUT2D eigenvalue weighted by atomic mass is 79.9. The van der Waals surface area contributed by atoms with Gasteiger partial charge in [-0.15, -0.1) is 0 Å². The van der Waals surface area contributed by atoms with Gasteiger partial charge in [0.2, 0.25) is 0 Å². The van der Waals surface area contributed by atoms with Crippen molar-refractivity contribution in [2.75, 3.05) is 0 Å². The molecule has 0 atom stereocenters. The minimum Gasteiger partial charge on any atom is -0.490 e. The van der Waals surface area contributed by atoms with Crippen LogP contribution in [0.25, 0.3) is 0 Å². The molecule has 104 valence electrons. The third-order valence-electron chi connectivity index (χ3n) is 3.58. The van der Waals surface area contributed by atoms with Crippen molar-refractivity contribution in [3.05, 3.63) is 28.2 Å². The number of ether oxygens (including phenoxy) is 1. The second-order valence-corrected chi connectivity index (χ2v) is 6.04. The topological polar surface area (TPSA) is 67.8 Å². The number of oxime groups is 1. The number of nitrogens with zero attached hydrogens (tertiary/aromatic N) is 1. The molecule has 0 saturated heterocycles. The molecule has 1 aliphatic carbocycles. The van der Waals surface area contributed by atoms with E-state index in [1.54, 1.807) is 6.07 Å². The molecule has 0 unspecified atom stereocenters. The molecule has 0 aromatic heterocycles. The number of rotatable bonds is 3. The van der Waals surface area contributed by atoms with Gasteiger partial charge in [-0.05, 0) is 49.8 Å². The summed E-state index contributed by atoms with van der Waals surface area (Å²) in [6.45, 7) is 2.27. The number of hydrogen-bond donors (Lipinski definition) is 2. The molecular formula is C14H19BrN2O2. The van der Waals surface area contributed by atoms with Crippen LogP contribution in [0.4, 0.5) is 0 Å². The van der Waals surface area contributed by atoms with E-state index in [2.05, 4.69) is 28.0 Å². The zero-order chi connectivity index (χ0) is 13.8. The largest absolute Gasteiger partial charge is 0.490 e. The van der Waals surface area contributed by atoms with Crippen molar-refractivity contribution in [3.63, 3.8) is 0 Å². The summed E-state index contributed by atoms with van der Waals surface area (Å²) in [6.07, 6.45) is 4.72. The van der Waals surface area contributed by atoms with E-state index in [1.807, 2.05) is 12.1 Å². The summed E-state index contributed by atoms with van der Waals surface area (Å²) in [6, 6.07) is 5.51. The van der Waals surface area contributed by atoms with Crippen molar-refractivity contribution >= 4 is 21.8 Å². The average molecular weight is 327 g/mol. The maximum absolute atomic E-state index is 8.82. The second-order valence-electron chi connectivity index (χ2n) is 5.13. The Bertz CT molecular complexity index is 469. The van der Waals surface area contributed by atoms with Crippen LogP contribution in [-0.4, -0.2) is 17.1 Å². The molecule has 0 amide bonds. The molecule has 2 rings (SSSR count). The molecule has 0 bridgehead atoms. The lowest BCUT2D eigenvalue weighted by molar-refractivity contribution is 0.135. The lowest BCUT2D eigenvalue weighted by Crippen LogP contribution is -2.24. The van der Waals surface area contributed by atoms with Gasteiger partial charge in [-0.25, -0.2) is 0 Å². The summed E-state index contributed by atoms with van der Waals surface area (Å²) >= 11 is 3.42. The molecule has 1 aliphatic rings. The number of benzene rings is 1. The molecule has 1 saturated carbocycles. The summed E-state index contributed by atoms with van der Waals surface area (Å²) in [4.78, 5) is 0. The fourth-order valence-electron chi connectivity index (χ4n) is 2.39. The summed E-state index contributed by atoms with van der Waals surface area (Å²) in [5.74, 6) is 1.53. The van der Waals surface area contributed by atoms with E-state index in [1.165, 1.54) is 12.8 Å². The molecule has 0 aliphatic heterocycles. The first-order chi connectivity index (χ1) is 9.10. The van der Waals surface area contributed by atoms with Crippen LogP contribution in [0.1, 0.15) is 38.2 Å². The molecule has 0 radical (unpaired) electrons. The highest BCUT2D eigenvalue weighted by Crippen LogP contribution is 2.30. The van der Waals surface area contributed by atoms with Gasteiger partial charge in [0, 0.05) is 4.47 Å². The Hall–Kier alpha value is -1.23. The first-order valence-electron chi connectivity index (χ1n) is 6.54. The van der Waals surface area contributed by atoms with Crippen LogP contribution in [0.2, 0.25) is 0 Å². The van der Waals surface area contributed by atoms with Gasteiger partial charge in [0.1, 0.15) is 5.75 Å². The highest BCUT2D eigenvalue weighted by molar-refractivity contribution is 9.10. The molecule has 0 heterocycles. The Morgan fingerprint density at radius 2 is 2.05 bits per heavy atom. The van der Waals surface area contributed by atoms with Gasteiger partial charge >= 0.3 is 0 Å². The van der Waals surface area contributed by atoms with Gasteiger partial charge in [0.25, 0.3) is 0 Å². The van der Waals surface area contributed by atoms with Crippen molar-refractivity contribution in [1.82, 2.24) is 0 Å². The zero-order valence-corrected chi connectivity index (χ0v) is 12.6. The molecular weight excluding hydrogens is 308 g/mol. The summed E-state index contributed by atoms with van der Waals surface area (Å²) in [5.41, 5.74) is 6.31. The Kier molecular flexibility index (Phi) is 4.69. The maximum Gasteiger partial charge on any atom is 0.173 e. The van der Waals surface area contributed by atoms with Gasteiger partial charge in [-0.3, -0.25) is 0 Å². The van der Waals surface area contributed by atoms with Crippen molar-refractivity contribution in [2.45, 2.75) is 38.7 Å². The zero-order valence-electron chi connectivity index (χ0n) is 11.0. The third-order valence-corrected chi connectivity index (χ3v) is 4.08. The van der Waals surface area contributed by atoms with E-state index in [9.17, 15) is 0 Å². The molecule has 5 heteroatoms. The average Bonchev–Trinajstić information content (AvgIpc) is 2.41. The first-order valence-corrected chi connectivity index (χ1v) is 7.33. The van der Waals surface area contributed by atoms with E-state index in [4.69, 9.17) is 15.7 Å². The lowest BCUT2D eigenvalue weighted by Gasteiger charge is -2.27. The predicted octanol–water partition coefficient (Wildman–Crippen LogP) is 3.50. The van der Waals surface area contributed by atoms with E-state index in [0.717, 1.165) is 23.2 Å². The van der Waals surface area contributed by atoms with Gasteiger partial charge in [0.15, 0.2) is 5.84 Å². The van der Waals surface area contributed by atoms with Gasteiger partial charge < -0.3 is 15.7 Å². The molecule has 19 heavy (non-hydrogen) atoms. The van der Waals surface area contributed by atoms with E-state index in [0.29, 0.717) is 11.3 Å². The molecule has 4 nitrogen and oxygen atoms in total. The number of halogens is 1. The molecule has 3 N–H and O–H groups in total. The quantitative estimate of drug-likeness (QED) is 0.386. The molecule has 0 spiro atoms. The smallest absolute Gasteiger partial charge is 0.173 e. The van der Waals surface area contributed by atoms with Crippen LogP contribution in [-0.2, 0) is 0 Å². The lowest BCUT2D eigenvalue weighted by atomic mass is 9.89. The third kappa shape index (κ3) is 3.62. The van der Waals surface area contributed by atoms with Crippen LogP contribution in [0.3, 0.4) is 0 Å². The van der Waals surface area contributed by atoms with Gasteiger partial charge in [0.05, 0.1) is 11.7 Å². The van der Waals surface area contributed by atoms with Crippen LogP contribution in [0.5, 0.6) is 5.75 Å². The van der Waals surface area contributed by atoms with E-state index < -0.39 is 0 Å². The van der Waals surface area contributed by atoms with Crippen molar-refractivity contribution in [3.8, 4) is 5.75 Å². The van der Waals surface area contributed by atoms with Crippen LogP contribution >= 0.6 is 15.9 Å². The summed E-state index contributed by atoms with van der Waals surface area (Å²) in [5, 5.41) is 11.9. The van der Waals surface area contributed by atoms with Crippen molar-refractivity contribution < 1.29 is 9.94 Å². The standard InChI is InChI=1S/C14H19BrN2O2/c1-9-2-5-11(6-3-9)19-13-8-10(15)4-7-12(13)14(16)17-18/h4,7-9,11,18H,2-3,5-6H2,1H3,(H2,16,17). The first kappa shape index (κ1) is 14.2. The van der Waals surface area contributed by atoms with Crippen LogP contribution in [0.15, 0.2) is 27.8 Å². The highest BCUT2D eigenvalue weighted by Gasteiger charge is 2.21. The Balaban J connectivity index is 2.16. The Morgan fingerprint density at radius 1 is 1.37 bits per heavy atom. The fourth-order valence-corrected chi connectivity index (χ4v) is 2.73.